The molecule has 0 aliphatic heterocycles. The molecule has 0 spiro atoms. The SMILES string of the molecule is COc1cc[nH]c(=O)c1-n1c(NS(=O)(=O)[C@@H](C)[C@H](C)c2ncc(F)cn2)nnc1-c1cccc([I-]C)n1. The van der Waals surface area contributed by atoms with Gasteiger partial charge in [0.15, 0.2) is 5.82 Å². The van der Waals surface area contributed by atoms with Gasteiger partial charge in [-0.1, -0.05) is 0 Å². The van der Waals surface area contributed by atoms with E-state index in [1.807, 2.05) is 17.1 Å². The van der Waals surface area contributed by atoms with Crippen molar-refractivity contribution >= 4 is 16.0 Å². The average Bonchev–Trinajstić information content (AvgIpc) is 3.30. The zero-order chi connectivity index (χ0) is 26.7. The molecule has 0 aromatic carbocycles. The van der Waals surface area contributed by atoms with E-state index in [1.54, 1.807) is 13.0 Å². The quantitative estimate of drug-likeness (QED) is 0.130. The Morgan fingerprint density at radius 2 is 1.89 bits per heavy atom. The molecule has 0 bridgehead atoms. The summed E-state index contributed by atoms with van der Waals surface area (Å²) in [6, 6.07) is 6.92. The number of ether oxygens (including phenoxy) is 1. The molecule has 0 unspecified atom stereocenters. The van der Waals surface area contributed by atoms with Crippen molar-refractivity contribution in [1.29, 1.82) is 0 Å². The Bertz CT molecular complexity index is 1580. The van der Waals surface area contributed by atoms with Gasteiger partial charge in [-0.05, 0) is 0 Å². The third-order valence-corrected chi connectivity index (χ3v) is 9.18. The van der Waals surface area contributed by atoms with Crippen LogP contribution in [0, 0.1) is 9.52 Å². The van der Waals surface area contributed by atoms with Gasteiger partial charge in [0, 0.05) is 0 Å². The van der Waals surface area contributed by atoms with Crippen molar-refractivity contribution in [1.82, 2.24) is 34.7 Å². The van der Waals surface area contributed by atoms with Crippen LogP contribution in [0.2, 0.25) is 0 Å². The van der Waals surface area contributed by atoms with Crippen LogP contribution in [0.1, 0.15) is 25.6 Å². The summed E-state index contributed by atoms with van der Waals surface area (Å²) in [5, 5.41) is 7.17. The molecule has 196 valence electrons. The summed E-state index contributed by atoms with van der Waals surface area (Å²) in [6.45, 7) is 3.08. The average molecular weight is 641 g/mol. The number of pyridine rings is 2. The van der Waals surface area contributed by atoms with Gasteiger partial charge in [0.1, 0.15) is 0 Å². The Morgan fingerprint density at radius 3 is 2.57 bits per heavy atom. The van der Waals surface area contributed by atoms with Crippen LogP contribution < -0.4 is 36.2 Å². The van der Waals surface area contributed by atoms with E-state index in [2.05, 4.69) is 34.9 Å². The van der Waals surface area contributed by atoms with Gasteiger partial charge in [0.25, 0.3) is 0 Å². The second-order valence-electron chi connectivity index (χ2n) is 7.84. The number of aromatic nitrogens is 7. The number of hydrogen-bond donors (Lipinski definition) is 2. The van der Waals surface area contributed by atoms with Crippen molar-refractivity contribution in [2.24, 2.45) is 0 Å². The summed E-state index contributed by atoms with van der Waals surface area (Å²) in [4.78, 5) is 29.9. The molecule has 0 fully saturated rings. The molecule has 4 heterocycles. The van der Waals surface area contributed by atoms with Gasteiger partial charge in [-0.25, -0.2) is 4.39 Å². The summed E-state index contributed by atoms with van der Waals surface area (Å²) in [7, 11) is -2.74. The number of halogens is 2. The van der Waals surface area contributed by atoms with E-state index in [4.69, 9.17) is 4.74 Å². The number of hydrogen-bond acceptors (Lipinski definition) is 9. The van der Waals surface area contributed by atoms with Crippen LogP contribution in [-0.2, 0) is 10.0 Å². The summed E-state index contributed by atoms with van der Waals surface area (Å²) in [5.74, 6) is -1.08. The molecular weight excluding hydrogens is 618 g/mol. The molecule has 4 rings (SSSR count). The molecule has 4 aromatic heterocycles. The first-order chi connectivity index (χ1) is 17.7. The summed E-state index contributed by atoms with van der Waals surface area (Å²) < 4.78 is 50.0. The molecular formula is C22H23FIN8O4S-. The fraction of sp³-hybridized carbons (Fsp3) is 0.273. The molecule has 15 heteroatoms. The number of rotatable bonds is 9. The Kier molecular flexibility index (Phi) is 7.82. The van der Waals surface area contributed by atoms with Crippen LogP contribution >= 0.6 is 0 Å². The van der Waals surface area contributed by atoms with Crippen molar-refractivity contribution in [2.45, 2.75) is 25.0 Å². The predicted molar refractivity (Wildman–Crippen MR) is 129 cm³/mol. The van der Waals surface area contributed by atoms with E-state index in [-0.39, 0.29) is 50.2 Å². The molecule has 2 N–H and O–H groups in total. The zero-order valence-corrected chi connectivity index (χ0v) is 23.2. The van der Waals surface area contributed by atoms with E-state index in [0.717, 1.165) is 16.1 Å². The zero-order valence-electron chi connectivity index (χ0n) is 20.2. The van der Waals surface area contributed by atoms with Gasteiger partial charge in [0.2, 0.25) is 0 Å². The van der Waals surface area contributed by atoms with Gasteiger partial charge in [-0.15, -0.1) is 0 Å². The normalized spacial score (nSPS) is 13.3. The Hall–Kier alpha value is -3.47. The maximum atomic E-state index is 13.4. The monoisotopic (exact) mass is 641 g/mol. The first-order valence-electron chi connectivity index (χ1n) is 10.8. The summed E-state index contributed by atoms with van der Waals surface area (Å²) >= 11 is -0.346. The van der Waals surface area contributed by atoms with Crippen molar-refractivity contribution < 1.29 is 38.8 Å². The van der Waals surface area contributed by atoms with Crippen molar-refractivity contribution in [3.05, 3.63) is 68.6 Å². The topological polar surface area (TPSA) is 158 Å². The molecule has 2 atom stereocenters. The number of anilines is 1. The van der Waals surface area contributed by atoms with Gasteiger partial charge in [-0.2, -0.15) is 0 Å². The van der Waals surface area contributed by atoms with Gasteiger partial charge in [-0.3, -0.25) is 0 Å². The fourth-order valence-corrected chi connectivity index (χ4v) is 5.75. The first-order valence-corrected chi connectivity index (χ1v) is 15.6. The molecule has 12 nitrogen and oxygen atoms in total. The molecule has 0 radical (unpaired) electrons. The predicted octanol–water partition coefficient (Wildman–Crippen LogP) is -1.22. The number of methoxy groups -OCH3 is 1. The summed E-state index contributed by atoms with van der Waals surface area (Å²) in [5.41, 5.74) is -0.173. The fourth-order valence-electron chi connectivity index (χ4n) is 3.45. The van der Waals surface area contributed by atoms with Crippen molar-refractivity contribution in [2.75, 3.05) is 16.8 Å². The third-order valence-electron chi connectivity index (χ3n) is 5.62. The van der Waals surface area contributed by atoms with Crippen molar-refractivity contribution in [3.8, 4) is 23.0 Å². The molecule has 0 saturated heterocycles. The van der Waals surface area contributed by atoms with Crippen LogP contribution in [0.3, 0.4) is 0 Å². The third kappa shape index (κ3) is 5.46. The molecule has 0 aliphatic rings. The first kappa shape index (κ1) is 26.6. The molecule has 4 aromatic rings. The number of alkyl halides is 1. The molecule has 0 saturated carbocycles. The van der Waals surface area contributed by atoms with Crippen LogP contribution in [0.4, 0.5) is 10.3 Å². The van der Waals surface area contributed by atoms with E-state index in [1.165, 1.54) is 30.9 Å². The minimum atomic E-state index is -4.13. The van der Waals surface area contributed by atoms with Crippen LogP contribution in [-0.4, -0.2) is 60.4 Å². The second-order valence-corrected chi connectivity index (χ2v) is 12.1. The van der Waals surface area contributed by atoms with Gasteiger partial charge < -0.3 is 0 Å². The molecule has 0 amide bonds. The van der Waals surface area contributed by atoms with E-state index < -0.39 is 32.6 Å². The van der Waals surface area contributed by atoms with E-state index >= 15 is 0 Å². The Morgan fingerprint density at radius 1 is 1.16 bits per heavy atom. The Balaban J connectivity index is 1.82. The second kappa shape index (κ2) is 10.9. The summed E-state index contributed by atoms with van der Waals surface area (Å²) in [6.07, 6.45) is 3.36. The number of nitrogens with one attached hydrogen (secondary N) is 2. The molecule has 37 heavy (non-hydrogen) atoms. The number of aromatic amines is 1. The van der Waals surface area contributed by atoms with Crippen molar-refractivity contribution in [3.63, 3.8) is 0 Å². The number of sulfonamides is 1. The van der Waals surface area contributed by atoms with Crippen LogP contribution in [0.25, 0.3) is 17.2 Å². The number of nitrogens with zero attached hydrogens (tertiary/aromatic N) is 6. The molecule has 0 aliphatic carbocycles. The maximum absolute atomic E-state index is 13.4. The van der Waals surface area contributed by atoms with Gasteiger partial charge >= 0.3 is 200 Å². The Labute approximate surface area is 222 Å². The van der Waals surface area contributed by atoms with Gasteiger partial charge in [0.05, 0.1) is 12.4 Å². The van der Waals surface area contributed by atoms with Crippen LogP contribution in [0.5, 0.6) is 5.75 Å². The van der Waals surface area contributed by atoms with E-state index in [0.29, 0.717) is 5.69 Å². The van der Waals surface area contributed by atoms with Crippen LogP contribution in [0.15, 0.2) is 47.7 Å². The number of H-pyrrole nitrogens is 1. The standard InChI is InChI=1S/C22H23FIN8O4S/c1-12(19-26-10-14(23)11-27-19)13(2)37(34,35)31-22-30-29-20(15-6-5-7-17(24-3)28-15)32(22)18-16(36-4)8-9-25-21(18)33/h5-13H,1-4H3,(H,25,33)(H,30,31)/q-1/t12-,13-/m0/s1. The minimum absolute atomic E-state index is 0.0244. The van der Waals surface area contributed by atoms with E-state index in [9.17, 15) is 17.6 Å².